The van der Waals surface area contributed by atoms with E-state index in [1.807, 2.05) is 6.92 Å². The first-order valence-corrected chi connectivity index (χ1v) is 5.49. The second-order valence-corrected chi connectivity index (χ2v) is 3.95. The minimum Gasteiger partial charge on any atom is -0.465 e. The van der Waals surface area contributed by atoms with Gasteiger partial charge in [0.15, 0.2) is 6.29 Å². The van der Waals surface area contributed by atoms with Crippen molar-refractivity contribution >= 4 is 12.3 Å². The van der Waals surface area contributed by atoms with Crippen molar-refractivity contribution in [2.75, 3.05) is 7.11 Å². The van der Waals surface area contributed by atoms with Crippen LogP contribution in [0, 0.1) is 6.92 Å². The van der Waals surface area contributed by atoms with E-state index in [4.69, 9.17) is 0 Å². The second-order valence-electron chi connectivity index (χ2n) is 3.95. The number of hydrogen-bond donors (Lipinski definition) is 1. The van der Waals surface area contributed by atoms with Crippen LogP contribution in [0.4, 0.5) is 0 Å². The van der Waals surface area contributed by atoms with Crippen molar-refractivity contribution in [3.63, 3.8) is 0 Å². The van der Waals surface area contributed by atoms with E-state index in [1.54, 1.807) is 30.5 Å². The number of methoxy groups -OCH3 is 1. The Morgan fingerprint density at radius 2 is 1.94 bits per heavy atom. The molecule has 0 aliphatic rings. The monoisotopic (exact) mass is 243 g/mol. The number of aromatic nitrogens is 1. The summed E-state index contributed by atoms with van der Waals surface area (Å²) in [5.74, 6) is -0.372. The van der Waals surface area contributed by atoms with Crippen LogP contribution in [0.2, 0.25) is 0 Å². The van der Waals surface area contributed by atoms with E-state index >= 15 is 0 Å². The van der Waals surface area contributed by atoms with Crippen LogP contribution in [0.25, 0.3) is 11.1 Å². The Kier molecular flexibility index (Phi) is 3.28. The third-order valence-corrected chi connectivity index (χ3v) is 2.82. The van der Waals surface area contributed by atoms with Gasteiger partial charge in [-0.15, -0.1) is 0 Å². The maximum atomic E-state index is 11.3. The molecule has 18 heavy (non-hydrogen) atoms. The Balaban J connectivity index is 2.43. The summed E-state index contributed by atoms with van der Waals surface area (Å²) in [6, 6.07) is 6.97. The van der Waals surface area contributed by atoms with Gasteiger partial charge in [-0.3, -0.25) is 4.79 Å². The Morgan fingerprint density at radius 1 is 1.28 bits per heavy atom. The normalized spacial score (nSPS) is 10.1. The fraction of sp³-hybridized carbons (Fsp3) is 0.143. The van der Waals surface area contributed by atoms with Crippen LogP contribution in [0.15, 0.2) is 30.5 Å². The maximum Gasteiger partial charge on any atom is 0.337 e. The van der Waals surface area contributed by atoms with Crippen LogP contribution in [-0.2, 0) is 4.74 Å². The van der Waals surface area contributed by atoms with Gasteiger partial charge >= 0.3 is 5.97 Å². The Morgan fingerprint density at radius 3 is 2.50 bits per heavy atom. The standard InChI is InChI=1S/C14H13NO3/c1-9-7-15-12(8-16)13(9)10-3-5-11(6-4-10)14(17)18-2/h3-8,15H,1-2H3. The Labute approximate surface area is 105 Å². The largest absolute Gasteiger partial charge is 0.465 e. The zero-order valence-corrected chi connectivity index (χ0v) is 10.2. The quantitative estimate of drug-likeness (QED) is 0.665. The van der Waals surface area contributed by atoms with E-state index in [9.17, 15) is 9.59 Å². The molecule has 1 aromatic heterocycles. The van der Waals surface area contributed by atoms with Crippen molar-refractivity contribution in [2.24, 2.45) is 0 Å². The van der Waals surface area contributed by atoms with Crippen LogP contribution in [0.3, 0.4) is 0 Å². The molecule has 92 valence electrons. The van der Waals surface area contributed by atoms with Crippen LogP contribution < -0.4 is 0 Å². The molecule has 0 unspecified atom stereocenters. The van der Waals surface area contributed by atoms with Gasteiger partial charge < -0.3 is 9.72 Å². The lowest BCUT2D eigenvalue weighted by Gasteiger charge is -2.04. The van der Waals surface area contributed by atoms with E-state index in [2.05, 4.69) is 9.72 Å². The summed E-state index contributed by atoms with van der Waals surface area (Å²) in [5, 5.41) is 0. The molecule has 0 atom stereocenters. The van der Waals surface area contributed by atoms with E-state index in [0.717, 1.165) is 23.0 Å². The van der Waals surface area contributed by atoms with E-state index in [-0.39, 0.29) is 5.97 Å². The second kappa shape index (κ2) is 4.87. The molecule has 0 radical (unpaired) electrons. The van der Waals surface area contributed by atoms with Crippen molar-refractivity contribution < 1.29 is 14.3 Å². The van der Waals surface area contributed by atoms with Crippen molar-refractivity contribution in [1.29, 1.82) is 0 Å². The predicted octanol–water partition coefficient (Wildman–Crippen LogP) is 2.59. The highest BCUT2D eigenvalue weighted by molar-refractivity contribution is 5.91. The van der Waals surface area contributed by atoms with Gasteiger partial charge in [0.2, 0.25) is 0 Å². The predicted molar refractivity (Wildman–Crippen MR) is 67.7 cm³/mol. The van der Waals surface area contributed by atoms with Gasteiger partial charge in [-0.05, 0) is 30.2 Å². The number of hydrogen-bond acceptors (Lipinski definition) is 3. The summed E-state index contributed by atoms with van der Waals surface area (Å²) in [4.78, 5) is 25.2. The average Bonchev–Trinajstić information content (AvgIpc) is 2.79. The number of aldehydes is 1. The first-order valence-electron chi connectivity index (χ1n) is 5.49. The molecule has 1 heterocycles. The summed E-state index contributed by atoms with van der Waals surface area (Å²) in [5.41, 5.74) is 3.77. The van der Waals surface area contributed by atoms with Gasteiger partial charge in [0, 0.05) is 11.8 Å². The molecule has 4 nitrogen and oxygen atoms in total. The molecular formula is C14H13NO3. The number of H-pyrrole nitrogens is 1. The molecule has 1 aromatic carbocycles. The number of aromatic amines is 1. The smallest absolute Gasteiger partial charge is 0.337 e. The van der Waals surface area contributed by atoms with Gasteiger partial charge in [0.05, 0.1) is 18.4 Å². The van der Waals surface area contributed by atoms with Crippen molar-refractivity contribution in [2.45, 2.75) is 6.92 Å². The molecule has 4 heteroatoms. The lowest BCUT2D eigenvalue weighted by molar-refractivity contribution is 0.0600. The number of carbonyl (C=O) groups excluding carboxylic acids is 2. The SMILES string of the molecule is COC(=O)c1ccc(-c2c(C)c[nH]c2C=O)cc1. The van der Waals surface area contributed by atoms with Gasteiger partial charge in [0.1, 0.15) is 0 Å². The fourth-order valence-corrected chi connectivity index (χ4v) is 1.91. The zero-order chi connectivity index (χ0) is 13.1. The molecule has 0 spiro atoms. The molecule has 1 N–H and O–H groups in total. The highest BCUT2D eigenvalue weighted by Crippen LogP contribution is 2.26. The van der Waals surface area contributed by atoms with Gasteiger partial charge in [-0.1, -0.05) is 12.1 Å². The molecule has 2 rings (SSSR count). The zero-order valence-electron chi connectivity index (χ0n) is 10.2. The van der Waals surface area contributed by atoms with Crippen LogP contribution in [-0.4, -0.2) is 24.3 Å². The molecule has 0 bridgehead atoms. The third-order valence-electron chi connectivity index (χ3n) is 2.82. The van der Waals surface area contributed by atoms with Crippen molar-refractivity contribution in [3.05, 3.63) is 47.3 Å². The van der Waals surface area contributed by atoms with E-state index in [0.29, 0.717) is 11.3 Å². The van der Waals surface area contributed by atoms with E-state index in [1.165, 1.54) is 7.11 Å². The minimum atomic E-state index is -0.372. The molecule has 0 saturated carbocycles. The lowest BCUT2D eigenvalue weighted by Crippen LogP contribution is -2.00. The topological polar surface area (TPSA) is 59.2 Å². The van der Waals surface area contributed by atoms with Gasteiger partial charge in [-0.2, -0.15) is 0 Å². The molecule has 0 fully saturated rings. The summed E-state index contributed by atoms with van der Waals surface area (Å²) in [7, 11) is 1.34. The Hall–Kier alpha value is -2.36. The maximum absolute atomic E-state index is 11.3. The summed E-state index contributed by atoms with van der Waals surface area (Å²) >= 11 is 0. The number of ether oxygens (including phenoxy) is 1. The highest BCUT2D eigenvalue weighted by atomic mass is 16.5. The number of carbonyl (C=O) groups is 2. The summed E-state index contributed by atoms with van der Waals surface area (Å²) < 4.78 is 4.63. The first-order chi connectivity index (χ1) is 8.67. The van der Waals surface area contributed by atoms with Crippen LogP contribution in [0.5, 0.6) is 0 Å². The average molecular weight is 243 g/mol. The molecular weight excluding hydrogens is 230 g/mol. The van der Waals surface area contributed by atoms with Crippen molar-refractivity contribution in [1.82, 2.24) is 4.98 Å². The van der Waals surface area contributed by atoms with Crippen LogP contribution >= 0.6 is 0 Å². The van der Waals surface area contributed by atoms with Crippen LogP contribution in [0.1, 0.15) is 26.4 Å². The molecule has 2 aromatic rings. The van der Waals surface area contributed by atoms with Gasteiger partial charge in [-0.25, -0.2) is 4.79 Å². The fourth-order valence-electron chi connectivity index (χ4n) is 1.91. The van der Waals surface area contributed by atoms with E-state index < -0.39 is 0 Å². The Bertz CT molecular complexity index is 582. The number of aryl methyl sites for hydroxylation is 1. The van der Waals surface area contributed by atoms with Crippen molar-refractivity contribution in [3.8, 4) is 11.1 Å². The number of nitrogens with one attached hydrogen (secondary N) is 1. The molecule has 0 saturated heterocycles. The summed E-state index contributed by atoms with van der Waals surface area (Å²) in [6.07, 6.45) is 2.57. The number of esters is 1. The summed E-state index contributed by atoms with van der Waals surface area (Å²) in [6.45, 7) is 1.92. The third kappa shape index (κ3) is 2.05. The molecule has 0 aliphatic heterocycles. The number of rotatable bonds is 3. The number of benzene rings is 1. The molecule has 0 amide bonds. The van der Waals surface area contributed by atoms with Gasteiger partial charge in [0.25, 0.3) is 0 Å². The lowest BCUT2D eigenvalue weighted by atomic mass is 10.0. The molecule has 0 aliphatic carbocycles. The first kappa shape index (κ1) is 12.1. The highest BCUT2D eigenvalue weighted by Gasteiger charge is 2.11. The minimum absolute atomic E-state index is 0.372.